The normalized spacial score (nSPS) is 12.8. The topological polar surface area (TPSA) is 33.1 Å². The molecule has 0 aliphatic rings. The minimum absolute atomic E-state index is 0.660. The van der Waals surface area contributed by atoms with Gasteiger partial charge in [-0.3, -0.25) is 4.98 Å². The van der Waals surface area contributed by atoms with Crippen LogP contribution >= 0.6 is 11.3 Å². The van der Waals surface area contributed by atoms with Crippen molar-refractivity contribution in [2.75, 3.05) is 0 Å². The van der Waals surface area contributed by atoms with Gasteiger partial charge in [0.2, 0.25) is 0 Å². The molecule has 0 fully saturated rings. The highest BCUT2D eigenvalue weighted by Gasteiger charge is 2.15. The zero-order valence-corrected chi connectivity index (χ0v) is 10.8. The van der Waals surface area contributed by atoms with Gasteiger partial charge in [0.15, 0.2) is 0 Å². The fraction of sp³-hybridized carbons (Fsp3) is 0.133. The summed E-state index contributed by atoms with van der Waals surface area (Å²) in [5.74, 6) is 0. The highest BCUT2D eigenvalue weighted by Crippen LogP contribution is 2.31. The largest absolute Gasteiger partial charge is 0.382 e. The maximum Gasteiger partial charge on any atom is 0.122 e. The zero-order chi connectivity index (χ0) is 12.5. The van der Waals surface area contributed by atoms with Crippen LogP contribution in [0.5, 0.6) is 0 Å². The Kier molecular flexibility index (Phi) is 2.86. The van der Waals surface area contributed by atoms with E-state index >= 15 is 0 Å². The summed E-state index contributed by atoms with van der Waals surface area (Å²) in [5, 5.41) is 13.7. The van der Waals surface area contributed by atoms with E-state index in [9.17, 15) is 5.11 Å². The Hall–Kier alpha value is -1.71. The summed E-state index contributed by atoms with van der Waals surface area (Å²) in [7, 11) is 0. The number of fused-ring (bicyclic) bond motifs is 1. The molecule has 0 aliphatic heterocycles. The van der Waals surface area contributed by atoms with Crippen LogP contribution in [0.25, 0.3) is 10.1 Å². The molecule has 90 valence electrons. The van der Waals surface area contributed by atoms with Gasteiger partial charge in [0.1, 0.15) is 6.10 Å². The minimum atomic E-state index is -0.660. The highest BCUT2D eigenvalue weighted by molar-refractivity contribution is 7.17. The van der Waals surface area contributed by atoms with Crippen molar-refractivity contribution in [3.8, 4) is 0 Å². The number of hydrogen-bond donors (Lipinski definition) is 1. The third-order valence-electron chi connectivity index (χ3n) is 3.02. The van der Waals surface area contributed by atoms with Gasteiger partial charge in [0.05, 0.1) is 5.69 Å². The monoisotopic (exact) mass is 255 g/mol. The molecule has 3 heteroatoms. The van der Waals surface area contributed by atoms with Gasteiger partial charge in [-0.15, -0.1) is 11.3 Å². The molecule has 1 aromatic carbocycles. The molecular formula is C15H13NOS. The number of aryl methyl sites for hydroxylation is 1. The van der Waals surface area contributed by atoms with Crippen LogP contribution < -0.4 is 0 Å². The first-order valence-electron chi connectivity index (χ1n) is 5.82. The molecule has 18 heavy (non-hydrogen) atoms. The van der Waals surface area contributed by atoms with Crippen molar-refractivity contribution >= 4 is 21.4 Å². The van der Waals surface area contributed by atoms with Crippen LogP contribution in [0.15, 0.2) is 48.0 Å². The molecule has 1 atom stereocenters. The first-order chi connectivity index (χ1) is 8.75. The maximum absolute atomic E-state index is 10.5. The van der Waals surface area contributed by atoms with E-state index in [2.05, 4.69) is 17.1 Å². The first-order valence-corrected chi connectivity index (χ1v) is 6.70. The number of aliphatic hydroxyl groups is 1. The van der Waals surface area contributed by atoms with Gasteiger partial charge >= 0.3 is 0 Å². The highest BCUT2D eigenvalue weighted by atomic mass is 32.1. The predicted octanol–water partition coefficient (Wildman–Crippen LogP) is 3.69. The van der Waals surface area contributed by atoms with Gasteiger partial charge < -0.3 is 5.11 Å². The van der Waals surface area contributed by atoms with E-state index in [1.54, 1.807) is 17.5 Å². The summed E-state index contributed by atoms with van der Waals surface area (Å²) in [4.78, 5) is 4.26. The number of nitrogens with zero attached hydrogens (tertiary/aromatic N) is 1. The molecule has 1 N–H and O–H groups in total. The Labute approximate surface area is 110 Å². The van der Waals surface area contributed by atoms with Crippen LogP contribution in [0.3, 0.4) is 0 Å². The third kappa shape index (κ3) is 1.92. The molecule has 3 rings (SSSR count). The number of aliphatic hydroxyl groups excluding tert-OH is 1. The first kappa shape index (κ1) is 11.4. The van der Waals surface area contributed by atoms with E-state index in [0.717, 1.165) is 15.8 Å². The standard InChI is InChI=1S/C15H13NOS/c1-10-5-7-16-13(9-10)14(17)12-4-2-3-11-6-8-18-15(11)12/h2-9,14,17H,1H3. The Morgan fingerprint density at radius 3 is 2.94 bits per heavy atom. The van der Waals surface area contributed by atoms with E-state index in [4.69, 9.17) is 0 Å². The van der Waals surface area contributed by atoms with Crippen LogP contribution in [-0.2, 0) is 0 Å². The number of hydrogen-bond acceptors (Lipinski definition) is 3. The maximum atomic E-state index is 10.5. The molecular weight excluding hydrogens is 242 g/mol. The lowest BCUT2D eigenvalue weighted by atomic mass is 10.0. The van der Waals surface area contributed by atoms with Crippen LogP contribution in [0.4, 0.5) is 0 Å². The molecule has 0 aliphatic carbocycles. The summed E-state index contributed by atoms with van der Waals surface area (Å²) in [6.07, 6.45) is 1.08. The predicted molar refractivity (Wildman–Crippen MR) is 74.9 cm³/mol. The molecule has 2 nitrogen and oxygen atoms in total. The van der Waals surface area contributed by atoms with E-state index in [1.807, 2.05) is 36.6 Å². The van der Waals surface area contributed by atoms with Crippen molar-refractivity contribution in [1.29, 1.82) is 0 Å². The fourth-order valence-electron chi connectivity index (χ4n) is 2.10. The Bertz CT molecular complexity index is 690. The molecule has 1 unspecified atom stereocenters. The van der Waals surface area contributed by atoms with Gasteiger partial charge in [0, 0.05) is 16.5 Å². The number of benzene rings is 1. The number of pyridine rings is 1. The number of rotatable bonds is 2. The van der Waals surface area contributed by atoms with E-state index < -0.39 is 6.10 Å². The molecule has 2 heterocycles. The van der Waals surface area contributed by atoms with E-state index in [0.29, 0.717) is 5.69 Å². The number of thiophene rings is 1. The van der Waals surface area contributed by atoms with Crippen molar-refractivity contribution in [1.82, 2.24) is 4.98 Å². The lowest BCUT2D eigenvalue weighted by Gasteiger charge is -2.12. The lowest BCUT2D eigenvalue weighted by molar-refractivity contribution is 0.217. The molecule has 0 radical (unpaired) electrons. The van der Waals surface area contributed by atoms with Gasteiger partial charge in [-0.05, 0) is 41.5 Å². The van der Waals surface area contributed by atoms with Gasteiger partial charge in [-0.1, -0.05) is 18.2 Å². The molecule has 0 amide bonds. The smallest absolute Gasteiger partial charge is 0.122 e. The van der Waals surface area contributed by atoms with Crippen LogP contribution in [-0.4, -0.2) is 10.1 Å². The summed E-state index contributed by atoms with van der Waals surface area (Å²) in [5.41, 5.74) is 2.74. The van der Waals surface area contributed by atoms with Gasteiger partial charge in [-0.2, -0.15) is 0 Å². The van der Waals surface area contributed by atoms with Crippen molar-refractivity contribution in [2.24, 2.45) is 0 Å². The van der Waals surface area contributed by atoms with Crippen LogP contribution in [0.1, 0.15) is 22.9 Å². The molecule has 0 spiro atoms. The lowest BCUT2D eigenvalue weighted by Crippen LogP contribution is -2.02. The summed E-state index contributed by atoms with van der Waals surface area (Å²) >= 11 is 1.65. The van der Waals surface area contributed by atoms with Gasteiger partial charge in [0.25, 0.3) is 0 Å². The zero-order valence-electron chi connectivity index (χ0n) is 10.00. The minimum Gasteiger partial charge on any atom is -0.382 e. The second-order valence-electron chi connectivity index (χ2n) is 4.35. The van der Waals surface area contributed by atoms with Crippen molar-refractivity contribution in [2.45, 2.75) is 13.0 Å². The summed E-state index contributed by atoms with van der Waals surface area (Å²) in [6.45, 7) is 2.00. The van der Waals surface area contributed by atoms with Crippen molar-refractivity contribution < 1.29 is 5.11 Å². The average Bonchev–Trinajstić information content (AvgIpc) is 2.86. The summed E-state index contributed by atoms with van der Waals surface area (Å²) < 4.78 is 1.13. The third-order valence-corrected chi connectivity index (χ3v) is 4.00. The molecule has 3 aromatic rings. The van der Waals surface area contributed by atoms with Crippen LogP contribution in [0, 0.1) is 6.92 Å². The number of aromatic nitrogens is 1. The SMILES string of the molecule is Cc1ccnc(C(O)c2cccc3ccsc23)c1. The molecule has 0 bridgehead atoms. The second kappa shape index (κ2) is 4.52. The Morgan fingerprint density at radius 1 is 1.22 bits per heavy atom. The summed E-state index contributed by atoms with van der Waals surface area (Å²) in [6, 6.07) is 11.9. The van der Waals surface area contributed by atoms with E-state index in [1.165, 1.54) is 5.39 Å². The second-order valence-corrected chi connectivity index (χ2v) is 5.26. The fourth-order valence-corrected chi connectivity index (χ4v) is 3.04. The molecule has 0 saturated heterocycles. The van der Waals surface area contributed by atoms with Crippen molar-refractivity contribution in [3.05, 3.63) is 64.8 Å². The van der Waals surface area contributed by atoms with E-state index in [-0.39, 0.29) is 0 Å². The molecule has 0 saturated carbocycles. The Morgan fingerprint density at radius 2 is 2.11 bits per heavy atom. The van der Waals surface area contributed by atoms with Crippen LogP contribution in [0.2, 0.25) is 0 Å². The molecule has 2 aromatic heterocycles. The van der Waals surface area contributed by atoms with Gasteiger partial charge in [-0.25, -0.2) is 0 Å². The quantitative estimate of drug-likeness (QED) is 0.757. The average molecular weight is 255 g/mol. The van der Waals surface area contributed by atoms with Crippen molar-refractivity contribution in [3.63, 3.8) is 0 Å². The Balaban J connectivity index is 2.12.